The van der Waals surface area contributed by atoms with Gasteiger partial charge in [0.15, 0.2) is 0 Å². The summed E-state index contributed by atoms with van der Waals surface area (Å²) in [4.78, 5) is 22.5. The predicted octanol–water partition coefficient (Wildman–Crippen LogP) is 2.46. The van der Waals surface area contributed by atoms with Crippen molar-refractivity contribution in [2.75, 3.05) is 25.5 Å². The molecule has 1 aromatic heterocycles. The Bertz CT molecular complexity index is 651. The number of hydrogen-bond donors (Lipinski definition) is 1. The van der Waals surface area contributed by atoms with Gasteiger partial charge >= 0.3 is 0 Å². The van der Waals surface area contributed by atoms with E-state index in [0.717, 1.165) is 37.4 Å². The molecule has 0 bridgehead atoms. The van der Waals surface area contributed by atoms with Crippen LogP contribution in [0.2, 0.25) is 0 Å². The van der Waals surface area contributed by atoms with E-state index in [2.05, 4.69) is 15.3 Å². The van der Waals surface area contributed by atoms with Crippen LogP contribution in [-0.2, 0) is 0 Å². The number of ether oxygens (including phenoxy) is 1. The number of nitrogens with one attached hydrogen (secondary N) is 1. The highest BCUT2D eigenvalue weighted by Gasteiger charge is 2.20. The first-order valence-electron chi connectivity index (χ1n) is 7.29. The molecule has 6 nitrogen and oxygen atoms in total. The molecule has 0 spiro atoms. The minimum atomic E-state index is -0.0474. The van der Waals surface area contributed by atoms with Gasteiger partial charge in [-0.05, 0) is 25.0 Å². The molecule has 2 heterocycles. The lowest BCUT2D eigenvalue weighted by atomic mass is 10.3. The summed E-state index contributed by atoms with van der Waals surface area (Å²) in [6.07, 6.45) is 5.20. The van der Waals surface area contributed by atoms with E-state index >= 15 is 0 Å². The van der Waals surface area contributed by atoms with Crippen molar-refractivity contribution in [3.63, 3.8) is 0 Å². The fourth-order valence-electron chi connectivity index (χ4n) is 2.47. The summed E-state index contributed by atoms with van der Waals surface area (Å²) in [6.45, 7) is 1.61. The molecular weight excluding hydrogens is 280 g/mol. The molecule has 2 aromatic rings. The van der Waals surface area contributed by atoms with Gasteiger partial charge in [0.05, 0.1) is 25.2 Å². The van der Waals surface area contributed by atoms with Crippen LogP contribution in [0, 0.1) is 0 Å². The maximum absolute atomic E-state index is 12.2. The Morgan fingerprint density at radius 1 is 1.18 bits per heavy atom. The van der Waals surface area contributed by atoms with Gasteiger partial charge in [-0.25, -0.2) is 9.97 Å². The lowest BCUT2D eigenvalue weighted by Gasteiger charge is -2.14. The third kappa shape index (κ3) is 3.00. The van der Waals surface area contributed by atoms with Crippen LogP contribution in [0.3, 0.4) is 0 Å². The second-order valence-corrected chi connectivity index (χ2v) is 5.11. The Hall–Kier alpha value is -2.63. The number of nitrogens with zero attached hydrogens (tertiary/aromatic N) is 3. The quantitative estimate of drug-likeness (QED) is 0.939. The summed E-state index contributed by atoms with van der Waals surface area (Å²) in [7, 11) is 1.62. The van der Waals surface area contributed by atoms with Crippen molar-refractivity contribution in [2.45, 2.75) is 12.8 Å². The van der Waals surface area contributed by atoms with E-state index in [1.54, 1.807) is 13.3 Å². The van der Waals surface area contributed by atoms with Crippen LogP contribution in [0.15, 0.2) is 36.7 Å². The minimum absolute atomic E-state index is 0.0474. The summed E-state index contributed by atoms with van der Waals surface area (Å²) in [6, 6.07) is 7.56. The average Bonchev–Trinajstić information content (AvgIpc) is 3.10. The Labute approximate surface area is 129 Å². The molecule has 114 valence electrons. The van der Waals surface area contributed by atoms with E-state index < -0.39 is 0 Å². The number of benzene rings is 1. The second-order valence-electron chi connectivity index (χ2n) is 5.11. The van der Waals surface area contributed by atoms with Crippen molar-refractivity contribution in [1.82, 2.24) is 14.9 Å². The van der Waals surface area contributed by atoms with Gasteiger partial charge in [-0.2, -0.15) is 0 Å². The van der Waals surface area contributed by atoms with E-state index in [1.165, 1.54) is 6.20 Å². The van der Waals surface area contributed by atoms with Crippen LogP contribution in [0.4, 0.5) is 11.5 Å². The molecule has 1 aromatic carbocycles. The minimum Gasteiger partial charge on any atom is -0.495 e. The maximum atomic E-state index is 12.2. The van der Waals surface area contributed by atoms with Crippen molar-refractivity contribution >= 4 is 17.4 Å². The highest BCUT2D eigenvalue weighted by Crippen LogP contribution is 2.25. The highest BCUT2D eigenvalue weighted by molar-refractivity contribution is 5.92. The topological polar surface area (TPSA) is 67.3 Å². The van der Waals surface area contributed by atoms with Gasteiger partial charge < -0.3 is 15.0 Å². The fraction of sp³-hybridized carbons (Fsp3) is 0.312. The molecule has 1 saturated heterocycles. The molecule has 1 N–H and O–H groups in total. The van der Waals surface area contributed by atoms with E-state index in [4.69, 9.17) is 4.74 Å². The number of likely N-dealkylation sites (tertiary alicyclic amines) is 1. The smallest absolute Gasteiger partial charge is 0.274 e. The Balaban J connectivity index is 1.72. The predicted molar refractivity (Wildman–Crippen MR) is 83.4 cm³/mol. The lowest BCUT2D eigenvalue weighted by Crippen LogP contribution is -2.28. The third-order valence-electron chi connectivity index (χ3n) is 3.63. The van der Waals surface area contributed by atoms with Gasteiger partial charge in [0, 0.05) is 13.1 Å². The molecule has 6 heteroatoms. The van der Waals surface area contributed by atoms with E-state index in [-0.39, 0.29) is 5.91 Å². The SMILES string of the molecule is COc1ccccc1Nc1cnc(C(=O)N2CCCC2)cn1. The van der Waals surface area contributed by atoms with Gasteiger partial charge in [-0.3, -0.25) is 4.79 Å². The standard InChI is InChI=1S/C16H18N4O2/c1-22-14-7-3-2-6-12(14)19-15-11-17-13(10-18-15)16(21)20-8-4-5-9-20/h2-3,6-7,10-11H,4-5,8-9H2,1H3,(H,18,19). The van der Waals surface area contributed by atoms with Gasteiger partial charge in [-0.15, -0.1) is 0 Å². The van der Waals surface area contributed by atoms with Crippen LogP contribution < -0.4 is 10.1 Å². The zero-order valence-corrected chi connectivity index (χ0v) is 12.5. The number of rotatable bonds is 4. The number of para-hydroxylation sites is 2. The van der Waals surface area contributed by atoms with Crippen LogP contribution in [0.1, 0.15) is 23.3 Å². The molecule has 1 aliphatic rings. The van der Waals surface area contributed by atoms with Crippen LogP contribution in [0.5, 0.6) is 5.75 Å². The van der Waals surface area contributed by atoms with Crippen molar-refractivity contribution in [1.29, 1.82) is 0 Å². The molecule has 0 unspecified atom stereocenters. The summed E-state index contributed by atoms with van der Waals surface area (Å²) < 4.78 is 5.28. The summed E-state index contributed by atoms with van der Waals surface area (Å²) in [5, 5.41) is 3.14. The number of aromatic nitrogens is 2. The Morgan fingerprint density at radius 3 is 2.64 bits per heavy atom. The van der Waals surface area contributed by atoms with Crippen molar-refractivity contribution in [2.24, 2.45) is 0 Å². The number of carbonyl (C=O) groups excluding carboxylic acids is 1. The zero-order chi connectivity index (χ0) is 15.4. The van der Waals surface area contributed by atoms with E-state index in [9.17, 15) is 4.79 Å². The van der Waals surface area contributed by atoms with Gasteiger partial charge in [-0.1, -0.05) is 12.1 Å². The average molecular weight is 298 g/mol. The Kier molecular flexibility index (Phi) is 4.18. The third-order valence-corrected chi connectivity index (χ3v) is 3.63. The van der Waals surface area contributed by atoms with E-state index in [1.807, 2.05) is 29.2 Å². The molecule has 3 rings (SSSR count). The monoisotopic (exact) mass is 298 g/mol. The first kappa shape index (κ1) is 14.3. The van der Waals surface area contributed by atoms with Crippen LogP contribution >= 0.6 is 0 Å². The maximum Gasteiger partial charge on any atom is 0.274 e. The van der Waals surface area contributed by atoms with Gasteiger partial charge in [0.25, 0.3) is 5.91 Å². The molecule has 1 amide bonds. The van der Waals surface area contributed by atoms with Gasteiger partial charge in [0.1, 0.15) is 17.3 Å². The number of methoxy groups -OCH3 is 1. The highest BCUT2D eigenvalue weighted by atomic mass is 16.5. The fourth-order valence-corrected chi connectivity index (χ4v) is 2.47. The largest absolute Gasteiger partial charge is 0.495 e. The number of anilines is 2. The summed E-state index contributed by atoms with van der Waals surface area (Å²) >= 11 is 0. The second kappa shape index (κ2) is 6.43. The molecule has 22 heavy (non-hydrogen) atoms. The summed E-state index contributed by atoms with van der Waals surface area (Å²) in [5.74, 6) is 1.25. The molecule has 0 radical (unpaired) electrons. The first-order valence-corrected chi connectivity index (χ1v) is 7.29. The number of carbonyl (C=O) groups is 1. The van der Waals surface area contributed by atoms with Crippen LogP contribution in [0.25, 0.3) is 0 Å². The number of hydrogen-bond acceptors (Lipinski definition) is 5. The normalized spacial score (nSPS) is 14.0. The molecule has 1 aliphatic heterocycles. The van der Waals surface area contributed by atoms with E-state index in [0.29, 0.717) is 11.5 Å². The number of amides is 1. The lowest BCUT2D eigenvalue weighted by molar-refractivity contribution is 0.0786. The zero-order valence-electron chi connectivity index (χ0n) is 12.5. The molecule has 0 saturated carbocycles. The van der Waals surface area contributed by atoms with Crippen LogP contribution in [-0.4, -0.2) is 41.0 Å². The van der Waals surface area contributed by atoms with Crippen molar-refractivity contribution < 1.29 is 9.53 Å². The molecule has 0 aliphatic carbocycles. The van der Waals surface area contributed by atoms with Gasteiger partial charge in [0.2, 0.25) is 0 Å². The molecule has 1 fully saturated rings. The Morgan fingerprint density at radius 2 is 1.95 bits per heavy atom. The first-order chi connectivity index (χ1) is 10.8. The van der Waals surface area contributed by atoms with Crippen molar-refractivity contribution in [3.05, 3.63) is 42.4 Å². The van der Waals surface area contributed by atoms with Crippen molar-refractivity contribution in [3.8, 4) is 5.75 Å². The summed E-state index contributed by atoms with van der Waals surface area (Å²) in [5.41, 5.74) is 1.19. The molecular formula is C16H18N4O2. The molecule has 0 atom stereocenters.